The molecule has 0 aliphatic heterocycles. The summed E-state index contributed by atoms with van der Waals surface area (Å²) in [5.41, 5.74) is 0.0597. The third kappa shape index (κ3) is 3.74. The molecule has 0 saturated carbocycles. The number of ketones is 1. The topological polar surface area (TPSA) is 93.0 Å². The fourth-order valence-electron chi connectivity index (χ4n) is 1.97. The van der Waals surface area contributed by atoms with Crippen molar-refractivity contribution in [2.24, 2.45) is 5.41 Å². The molecule has 2 aromatic heterocycles. The minimum absolute atomic E-state index is 0.0941. The molecular weight excluding hydrogens is 362 g/mol. The van der Waals surface area contributed by atoms with Gasteiger partial charge < -0.3 is 0 Å². The number of fused-ring (bicyclic) bond motifs is 1. The molecule has 2 heterocycles. The van der Waals surface area contributed by atoms with E-state index in [-0.39, 0.29) is 28.6 Å². The van der Waals surface area contributed by atoms with Crippen LogP contribution in [0.1, 0.15) is 20.8 Å². The third-order valence-electron chi connectivity index (χ3n) is 3.54. The van der Waals surface area contributed by atoms with Crippen LogP contribution in [0.25, 0.3) is 17.0 Å². The van der Waals surface area contributed by atoms with Gasteiger partial charge in [-0.15, -0.1) is 10.2 Å². The van der Waals surface area contributed by atoms with Crippen molar-refractivity contribution < 1.29 is 4.79 Å². The zero-order valence-corrected chi connectivity index (χ0v) is 15.5. The van der Waals surface area contributed by atoms with Crippen LogP contribution in [-0.4, -0.2) is 36.3 Å². The van der Waals surface area contributed by atoms with Crippen molar-refractivity contribution in [2.45, 2.75) is 25.9 Å². The lowest BCUT2D eigenvalue weighted by Crippen LogP contribution is -2.22. The van der Waals surface area contributed by atoms with Gasteiger partial charge in [-0.2, -0.15) is 9.61 Å². The molecule has 0 fully saturated rings. The second-order valence-electron chi connectivity index (χ2n) is 6.49. The van der Waals surface area contributed by atoms with Crippen LogP contribution in [0, 0.1) is 5.41 Å². The number of carbonyl (C=O) groups excluding carboxylic acids is 1. The largest absolute Gasteiger partial charge is 0.298 e. The lowest BCUT2D eigenvalue weighted by Gasteiger charge is -2.15. The Bertz CT molecular complexity index is 988. The van der Waals surface area contributed by atoms with Gasteiger partial charge in [0.15, 0.2) is 5.69 Å². The maximum atomic E-state index is 12.2. The normalized spacial score (nSPS) is 11.8. The van der Waals surface area contributed by atoms with Crippen LogP contribution in [0.15, 0.2) is 34.2 Å². The van der Waals surface area contributed by atoms with Crippen LogP contribution in [0.3, 0.4) is 0 Å². The number of carbonyl (C=O) groups is 1. The number of benzene rings is 1. The predicted octanol–water partition coefficient (Wildman–Crippen LogP) is 2.84. The molecule has 1 aromatic carbocycles. The minimum atomic E-state index is -0.427. The van der Waals surface area contributed by atoms with E-state index in [1.807, 2.05) is 20.8 Å². The van der Waals surface area contributed by atoms with Crippen molar-refractivity contribution >= 4 is 34.9 Å². The Morgan fingerprint density at radius 2 is 1.92 bits per heavy atom. The summed E-state index contributed by atoms with van der Waals surface area (Å²) >= 11 is 7.12. The zero-order valence-electron chi connectivity index (χ0n) is 13.9. The fraction of sp³-hybridized carbons (Fsp3) is 0.312. The Kier molecular flexibility index (Phi) is 4.66. The van der Waals surface area contributed by atoms with Gasteiger partial charge in [0.2, 0.25) is 5.16 Å². The van der Waals surface area contributed by atoms with Gasteiger partial charge in [0.05, 0.1) is 5.75 Å². The summed E-state index contributed by atoms with van der Waals surface area (Å²) in [6, 6.07) is 6.80. The molecule has 0 amide bonds. The molecule has 0 saturated heterocycles. The van der Waals surface area contributed by atoms with Gasteiger partial charge >= 0.3 is 0 Å². The molecule has 7 nitrogen and oxygen atoms in total. The molecule has 1 N–H and O–H groups in total. The zero-order chi connectivity index (χ0) is 18.2. The molecule has 25 heavy (non-hydrogen) atoms. The molecule has 0 aliphatic carbocycles. The van der Waals surface area contributed by atoms with Crippen LogP contribution < -0.4 is 5.56 Å². The molecule has 0 spiro atoms. The van der Waals surface area contributed by atoms with Crippen molar-refractivity contribution in [1.82, 2.24) is 24.8 Å². The van der Waals surface area contributed by atoms with Crippen LogP contribution in [0.2, 0.25) is 5.02 Å². The highest BCUT2D eigenvalue weighted by molar-refractivity contribution is 7.99. The smallest absolute Gasteiger partial charge is 0.279 e. The third-order valence-corrected chi connectivity index (χ3v) is 4.71. The highest BCUT2D eigenvalue weighted by atomic mass is 35.5. The molecule has 130 valence electrons. The Labute approximate surface area is 152 Å². The standard InChI is InChI=1S/C16H16ClN5O2S/c1-16(2,3)11(23)8-25-15-20-19-14-18-13(24)12(21-22(14)15)9-4-6-10(17)7-5-9/h4-7H,8H2,1-3H3,(H,18,19,24). The summed E-state index contributed by atoms with van der Waals surface area (Å²) in [5, 5.41) is 13.3. The first-order valence-electron chi connectivity index (χ1n) is 7.53. The van der Waals surface area contributed by atoms with E-state index in [0.717, 1.165) is 0 Å². The minimum Gasteiger partial charge on any atom is -0.298 e. The highest BCUT2D eigenvalue weighted by Gasteiger charge is 2.22. The number of H-pyrrole nitrogens is 1. The Balaban J connectivity index is 1.97. The molecule has 0 aliphatic rings. The number of rotatable bonds is 4. The Morgan fingerprint density at radius 3 is 2.56 bits per heavy atom. The van der Waals surface area contributed by atoms with Crippen molar-refractivity contribution in [3.8, 4) is 11.3 Å². The molecule has 3 aromatic rings. The number of hydrogen-bond acceptors (Lipinski definition) is 6. The lowest BCUT2D eigenvalue weighted by atomic mass is 9.92. The van der Waals surface area contributed by atoms with Gasteiger partial charge in [-0.05, 0) is 12.1 Å². The Morgan fingerprint density at radius 1 is 1.24 bits per heavy atom. The molecule has 9 heteroatoms. The molecule has 0 atom stereocenters. The first-order valence-corrected chi connectivity index (χ1v) is 8.90. The molecule has 0 unspecified atom stereocenters. The number of hydrogen-bond donors (Lipinski definition) is 1. The van der Waals surface area contributed by atoms with Gasteiger partial charge in [-0.25, -0.2) is 0 Å². The SMILES string of the molecule is CC(C)(C)C(=O)CSc1nnc2[nH]c(=O)c(-c3ccc(Cl)cc3)nn12. The van der Waals surface area contributed by atoms with Crippen molar-refractivity contribution in [3.63, 3.8) is 0 Å². The van der Waals surface area contributed by atoms with Gasteiger partial charge in [0.25, 0.3) is 11.3 Å². The van der Waals surface area contributed by atoms with Crippen LogP contribution in [0.4, 0.5) is 0 Å². The average Bonchev–Trinajstić information content (AvgIpc) is 2.93. The van der Waals surface area contributed by atoms with Gasteiger partial charge in [-0.3, -0.25) is 14.6 Å². The number of nitrogens with one attached hydrogen (secondary N) is 1. The lowest BCUT2D eigenvalue weighted by molar-refractivity contribution is -0.123. The number of aromatic amines is 1. The summed E-state index contributed by atoms with van der Waals surface area (Å²) in [6.45, 7) is 5.60. The average molecular weight is 378 g/mol. The number of nitrogens with zero attached hydrogens (tertiary/aromatic N) is 4. The predicted molar refractivity (Wildman–Crippen MR) is 97.0 cm³/mol. The second-order valence-corrected chi connectivity index (χ2v) is 7.87. The Hall–Kier alpha value is -2.19. The van der Waals surface area contributed by atoms with E-state index >= 15 is 0 Å². The number of Topliss-reactive ketones (excluding diaryl/α,β-unsaturated/α-hetero) is 1. The fourth-order valence-corrected chi connectivity index (χ4v) is 3.14. The van der Waals surface area contributed by atoms with Crippen LogP contribution in [0.5, 0.6) is 0 Å². The van der Waals surface area contributed by atoms with E-state index in [9.17, 15) is 9.59 Å². The van der Waals surface area contributed by atoms with E-state index in [1.54, 1.807) is 24.3 Å². The quantitative estimate of drug-likeness (QED) is 0.703. The van der Waals surface area contributed by atoms with E-state index in [4.69, 9.17) is 11.6 Å². The summed E-state index contributed by atoms with van der Waals surface area (Å²) < 4.78 is 1.44. The molecular formula is C16H16ClN5O2S. The summed E-state index contributed by atoms with van der Waals surface area (Å²) in [7, 11) is 0. The first kappa shape index (κ1) is 17.6. The maximum Gasteiger partial charge on any atom is 0.279 e. The van der Waals surface area contributed by atoms with Crippen molar-refractivity contribution in [2.75, 3.05) is 5.75 Å². The molecule has 3 rings (SSSR count). The van der Waals surface area contributed by atoms with Gasteiger partial charge in [-0.1, -0.05) is 56.3 Å². The number of aromatic nitrogens is 5. The van der Waals surface area contributed by atoms with Gasteiger partial charge in [0.1, 0.15) is 5.78 Å². The first-order chi connectivity index (χ1) is 11.8. The van der Waals surface area contributed by atoms with Crippen molar-refractivity contribution in [3.05, 3.63) is 39.6 Å². The van der Waals surface area contributed by atoms with Gasteiger partial charge in [0, 0.05) is 16.0 Å². The summed E-state index contributed by atoms with van der Waals surface area (Å²) in [4.78, 5) is 27.0. The summed E-state index contributed by atoms with van der Waals surface area (Å²) in [6.07, 6.45) is 0. The molecule has 0 radical (unpaired) electrons. The number of halogens is 1. The monoisotopic (exact) mass is 377 g/mol. The van der Waals surface area contributed by atoms with E-state index in [1.165, 1.54) is 16.3 Å². The second kappa shape index (κ2) is 6.61. The van der Waals surface area contributed by atoms with Crippen LogP contribution in [-0.2, 0) is 4.79 Å². The van der Waals surface area contributed by atoms with E-state index < -0.39 is 5.41 Å². The maximum absolute atomic E-state index is 12.2. The highest BCUT2D eigenvalue weighted by Crippen LogP contribution is 2.22. The van der Waals surface area contributed by atoms with E-state index in [2.05, 4.69) is 20.3 Å². The van der Waals surface area contributed by atoms with Crippen molar-refractivity contribution in [1.29, 1.82) is 0 Å². The van der Waals surface area contributed by atoms with Crippen LogP contribution >= 0.6 is 23.4 Å². The van der Waals surface area contributed by atoms with E-state index in [0.29, 0.717) is 15.7 Å². The summed E-state index contributed by atoms with van der Waals surface area (Å²) in [5.74, 6) is 0.575. The number of thioether (sulfide) groups is 1. The molecule has 0 bridgehead atoms.